The first-order chi connectivity index (χ1) is 14.2. The van der Waals surface area contributed by atoms with Gasteiger partial charge in [0.05, 0.1) is 20.3 Å². The number of carbonyl (C=O) groups excluding carboxylic acids is 1. The van der Waals surface area contributed by atoms with E-state index in [9.17, 15) is 4.79 Å². The van der Waals surface area contributed by atoms with Crippen LogP contribution >= 0.6 is 11.8 Å². The minimum atomic E-state index is -0.0491. The van der Waals surface area contributed by atoms with Gasteiger partial charge in [-0.25, -0.2) is 0 Å². The smallest absolute Gasteiger partial charge is 0.210 e. The van der Waals surface area contributed by atoms with Crippen LogP contribution in [-0.2, 0) is 11.3 Å². The highest BCUT2D eigenvalue weighted by atomic mass is 32.2. The molecule has 3 rings (SSSR count). The van der Waals surface area contributed by atoms with Crippen molar-refractivity contribution in [3.63, 3.8) is 0 Å². The monoisotopic (exact) mass is 407 g/mol. The van der Waals surface area contributed by atoms with E-state index in [0.29, 0.717) is 18.0 Å². The summed E-state index contributed by atoms with van der Waals surface area (Å²) in [4.78, 5) is 15.1. The van der Waals surface area contributed by atoms with Crippen LogP contribution in [0, 0.1) is 0 Å². The van der Waals surface area contributed by atoms with Crippen LogP contribution in [0.3, 0.4) is 0 Å². The van der Waals surface area contributed by atoms with Crippen molar-refractivity contribution >= 4 is 18.2 Å². The van der Waals surface area contributed by atoms with E-state index < -0.39 is 0 Å². The molecule has 3 aromatic carbocycles. The Morgan fingerprint density at radius 3 is 2.17 bits per heavy atom. The highest BCUT2D eigenvalue weighted by Crippen LogP contribution is 2.32. The van der Waals surface area contributed by atoms with E-state index in [1.165, 1.54) is 4.90 Å². The zero-order chi connectivity index (χ0) is 20.5. The van der Waals surface area contributed by atoms with Gasteiger partial charge >= 0.3 is 0 Å². The van der Waals surface area contributed by atoms with Gasteiger partial charge in [0.15, 0.2) is 11.5 Å². The lowest BCUT2D eigenvalue weighted by molar-refractivity contribution is -0.120. The Kier molecular flexibility index (Phi) is 7.59. The lowest BCUT2D eigenvalue weighted by Crippen LogP contribution is -2.28. The molecule has 0 spiro atoms. The third-order valence-electron chi connectivity index (χ3n) is 4.68. The molecular weight excluding hydrogens is 382 g/mol. The summed E-state index contributed by atoms with van der Waals surface area (Å²) in [5.74, 6) is 2.10. The van der Waals surface area contributed by atoms with Crippen LogP contribution in [-0.4, -0.2) is 31.3 Å². The Labute approximate surface area is 176 Å². The van der Waals surface area contributed by atoms with Gasteiger partial charge in [0.2, 0.25) is 6.41 Å². The molecular formula is C24H25NO3S. The van der Waals surface area contributed by atoms with Gasteiger partial charge in [-0.1, -0.05) is 54.6 Å². The molecule has 0 saturated heterocycles. The molecule has 0 fully saturated rings. The van der Waals surface area contributed by atoms with E-state index >= 15 is 0 Å². The van der Waals surface area contributed by atoms with Crippen molar-refractivity contribution in [1.29, 1.82) is 0 Å². The Morgan fingerprint density at radius 1 is 0.897 bits per heavy atom. The van der Waals surface area contributed by atoms with Gasteiger partial charge in [0.25, 0.3) is 0 Å². The number of methoxy groups -OCH3 is 2. The Balaban J connectivity index is 1.83. The summed E-state index contributed by atoms with van der Waals surface area (Å²) in [6.07, 6.45) is 0.930. The number of hydrogen-bond acceptors (Lipinski definition) is 4. The second kappa shape index (κ2) is 10.6. The lowest BCUT2D eigenvalue weighted by Gasteiger charge is -2.29. The third-order valence-corrected chi connectivity index (χ3v) is 5.77. The molecule has 0 aromatic heterocycles. The first-order valence-corrected chi connectivity index (χ1v) is 10.4. The maximum atomic E-state index is 12.1. The topological polar surface area (TPSA) is 38.8 Å². The van der Waals surface area contributed by atoms with Crippen LogP contribution < -0.4 is 9.47 Å². The number of carbonyl (C=O) groups is 1. The summed E-state index contributed by atoms with van der Waals surface area (Å²) in [7, 11) is 3.23. The zero-order valence-electron chi connectivity index (χ0n) is 16.7. The molecule has 1 amide bonds. The molecule has 4 nitrogen and oxygen atoms in total. The fraction of sp³-hybridized carbons (Fsp3) is 0.208. The van der Waals surface area contributed by atoms with Gasteiger partial charge in [0, 0.05) is 17.2 Å². The van der Waals surface area contributed by atoms with Crippen LogP contribution in [0.2, 0.25) is 0 Å². The van der Waals surface area contributed by atoms with Crippen LogP contribution in [0.5, 0.6) is 11.5 Å². The van der Waals surface area contributed by atoms with Crippen molar-refractivity contribution in [2.45, 2.75) is 17.5 Å². The zero-order valence-corrected chi connectivity index (χ0v) is 17.5. The van der Waals surface area contributed by atoms with Crippen molar-refractivity contribution in [2.75, 3.05) is 20.0 Å². The number of thioether (sulfide) groups is 1. The first-order valence-electron chi connectivity index (χ1n) is 9.40. The van der Waals surface area contributed by atoms with Crippen LogP contribution in [0.4, 0.5) is 0 Å². The quantitative estimate of drug-likeness (QED) is 0.342. The largest absolute Gasteiger partial charge is 0.493 e. The Hall–Kier alpha value is -2.92. The average Bonchev–Trinajstić information content (AvgIpc) is 2.79. The first kappa shape index (κ1) is 20.8. The van der Waals surface area contributed by atoms with Crippen molar-refractivity contribution in [1.82, 2.24) is 4.90 Å². The van der Waals surface area contributed by atoms with Crippen molar-refractivity contribution in [3.05, 3.63) is 90.0 Å². The molecule has 0 aliphatic heterocycles. The SMILES string of the molecule is COc1ccc(CN(C=O)C(CSc2ccccc2)c2ccccc2)cc1OC. The Morgan fingerprint density at radius 2 is 1.55 bits per heavy atom. The molecule has 29 heavy (non-hydrogen) atoms. The number of nitrogens with zero attached hydrogens (tertiary/aromatic N) is 1. The van der Waals surface area contributed by atoms with E-state index in [-0.39, 0.29) is 6.04 Å². The number of amides is 1. The van der Waals surface area contributed by atoms with E-state index in [1.54, 1.807) is 26.0 Å². The molecule has 3 aromatic rings. The van der Waals surface area contributed by atoms with Crippen molar-refractivity contribution in [2.24, 2.45) is 0 Å². The molecule has 0 aliphatic rings. The molecule has 1 unspecified atom stereocenters. The fourth-order valence-corrected chi connectivity index (χ4v) is 4.25. The van der Waals surface area contributed by atoms with E-state index in [1.807, 2.05) is 59.5 Å². The highest BCUT2D eigenvalue weighted by molar-refractivity contribution is 7.99. The summed E-state index contributed by atoms with van der Waals surface area (Å²) in [5, 5.41) is 0. The van der Waals surface area contributed by atoms with Gasteiger partial charge in [-0.15, -0.1) is 11.8 Å². The maximum absolute atomic E-state index is 12.1. The van der Waals surface area contributed by atoms with Crippen LogP contribution in [0.1, 0.15) is 17.2 Å². The second-order valence-corrected chi connectivity index (χ2v) is 7.61. The minimum absolute atomic E-state index is 0.0491. The highest BCUT2D eigenvalue weighted by Gasteiger charge is 2.20. The second-order valence-electron chi connectivity index (χ2n) is 6.52. The third kappa shape index (κ3) is 5.55. The van der Waals surface area contributed by atoms with Crippen LogP contribution in [0.15, 0.2) is 83.8 Å². The molecule has 5 heteroatoms. The molecule has 0 aliphatic carbocycles. The number of ether oxygens (including phenoxy) is 2. The summed E-state index contributed by atoms with van der Waals surface area (Å²) in [6.45, 7) is 0.485. The molecule has 1 atom stereocenters. The summed E-state index contributed by atoms with van der Waals surface area (Å²) < 4.78 is 10.7. The van der Waals surface area contributed by atoms with Crippen molar-refractivity contribution in [3.8, 4) is 11.5 Å². The van der Waals surface area contributed by atoms with Gasteiger partial charge in [-0.2, -0.15) is 0 Å². The molecule has 0 bridgehead atoms. The van der Waals surface area contributed by atoms with Gasteiger partial charge < -0.3 is 14.4 Å². The van der Waals surface area contributed by atoms with Crippen molar-refractivity contribution < 1.29 is 14.3 Å². The normalized spacial score (nSPS) is 11.5. The minimum Gasteiger partial charge on any atom is -0.493 e. The standard InChI is InChI=1S/C24H25NO3S/c1-27-23-14-13-19(15-24(23)28-2)16-25(18-26)22(20-9-5-3-6-10-20)17-29-21-11-7-4-8-12-21/h3-15,18,22H,16-17H2,1-2H3. The molecule has 0 saturated carbocycles. The summed E-state index contributed by atoms with van der Waals surface area (Å²) in [5.41, 5.74) is 2.10. The summed E-state index contributed by atoms with van der Waals surface area (Å²) >= 11 is 1.75. The van der Waals surface area contributed by atoms with Gasteiger partial charge in [0.1, 0.15) is 0 Å². The fourth-order valence-electron chi connectivity index (χ4n) is 3.16. The molecule has 0 radical (unpaired) electrons. The van der Waals surface area contributed by atoms with E-state index in [0.717, 1.165) is 23.3 Å². The van der Waals surface area contributed by atoms with Crippen LogP contribution in [0.25, 0.3) is 0 Å². The van der Waals surface area contributed by atoms with E-state index in [4.69, 9.17) is 9.47 Å². The van der Waals surface area contributed by atoms with Gasteiger partial charge in [-0.3, -0.25) is 4.79 Å². The molecule has 0 N–H and O–H groups in total. The van der Waals surface area contributed by atoms with E-state index in [2.05, 4.69) is 24.3 Å². The molecule has 0 heterocycles. The average molecular weight is 408 g/mol. The number of benzene rings is 3. The summed E-state index contributed by atoms with van der Waals surface area (Å²) in [6, 6.07) is 26.1. The number of rotatable bonds is 10. The lowest BCUT2D eigenvalue weighted by atomic mass is 10.1. The predicted octanol–water partition coefficient (Wildman–Crippen LogP) is 5.20. The molecule has 150 valence electrons. The Bertz CT molecular complexity index is 903. The van der Waals surface area contributed by atoms with Gasteiger partial charge in [-0.05, 0) is 35.4 Å². The maximum Gasteiger partial charge on any atom is 0.210 e. The predicted molar refractivity (Wildman–Crippen MR) is 118 cm³/mol. The number of hydrogen-bond donors (Lipinski definition) is 0.